The first-order valence-corrected chi connectivity index (χ1v) is 6.84. The first-order valence-electron chi connectivity index (χ1n) is 6.84. The van der Waals surface area contributed by atoms with Gasteiger partial charge in [0.05, 0.1) is 17.6 Å². The van der Waals surface area contributed by atoms with Gasteiger partial charge in [0.1, 0.15) is 0 Å². The molecule has 1 N–H and O–H groups in total. The van der Waals surface area contributed by atoms with Crippen LogP contribution in [0, 0.1) is 10.1 Å². The molecule has 1 aliphatic carbocycles. The van der Waals surface area contributed by atoms with Crippen LogP contribution >= 0.6 is 0 Å². The van der Waals surface area contributed by atoms with Crippen LogP contribution in [0.4, 0.5) is 11.4 Å². The standard InChI is InChI=1S/C14H20N2O4/c1-3-6-20-14-9-10(4-5-13(14)16(17)18)15-11-7-12(8-11)19-2/h4-5,9,11-12,15H,3,6-8H2,1-2H3. The molecule has 0 unspecified atom stereocenters. The Bertz CT molecular complexity index is 472. The molecule has 0 aliphatic heterocycles. The monoisotopic (exact) mass is 280 g/mol. The van der Waals surface area contributed by atoms with Crippen LogP contribution in [-0.2, 0) is 4.74 Å². The maximum atomic E-state index is 11.0. The predicted octanol–water partition coefficient (Wildman–Crippen LogP) is 2.97. The van der Waals surface area contributed by atoms with Gasteiger partial charge in [-0.25, -0.2) is 0 Å². The van der Waals surface area contributed by atoms with Crippen LogP contribution < -0.4 is 10.1 Å². The van der Waals surface area contributed by atoms with E-state index in [0.29, 0.717) is 24.5 Å². The summed E-state index contributed by atoms with van der Waals surface area (Å²) in [5.74, 6) is 0.324. The minimum Gasteiger partial charge on any atom is -0.487 e. The lowest BCUT2D eigenvalue weighted by Crippen LogP contribution is -2.40. The Hall–Kier alpha value is -1.82. The molecule has 1 saturated carbocycles. The zero-order valence-electron chi connectivity index (χ0n) is 11.8. The lowest BCUT2D eigenvalue weighted by molar-refractivity contribution is -0.385. The highest BCUT2D eigenvalue weighted by atomic mass is 16.6. The van der Waals surface area contributed by atoms with Crippen molar-refractivity contribution >= 4 is 11.4 Å². The first-order chi connectivity index (χ1) is 9.63. The van der Waals surface area contributed by atoms with Gasteiger partial charge in [0.2, 0.25) is 0 Å². The van der Waals surface area contributed by atoms with Gasteiger partial charge in [0.25, 0.3) is 0 Å². The summed E-state index contributed by atoms with van der Waals surface area (Å²) in [6, 6.07) is 5.27. The number of hydrogen-bond acceptors (Lipinski definition) is 5. The average molecular weight is 280 g/mol. The van der Waals surface area contributed by atoms with Crippen molar-refractivity contribution in [2.75, 3.05) is 19.0 Å². The molecule has 6 nitrogen and oxygen atoms in total. The van der Waals surface area contributed by atoms with Crippen molar-refractivity contribution in [1.82, 2.24) is 0 Å². The van der Waals surface area contributed by atoms with Gasteiger partial charge in [-0.3, -0.25) is 10.1 Å². The summed E-state index contributed by atoms with van der Waals surface area (Å²) in [4.78, 5) is 10.5. The summed E-state index contributed by atoms with van der Waals surface area (Å²) < 4.78 is 10.7. The van der Waals surface area contributed by atoms with Crippen molar-refractivity contribution in [2.45, 2.75) is 38.3 Å². The van der Waals surface area contributed by atoms with E-state index in [2.05, 4.69) is 5.32 Å². The highest BCUT2D eigenvalue weighted by Gasteiger charge is 2.29. The van der Waals surface area contributed by atoms with E-state index in [0.717, 1.165) is 24.9 Å². The SMILES string of the molecule is CCCOc1cc(NC2CC(OC)C2)ccc1[N+](=O)[O-]. The molecule has 1 aliphatic rings. The molecule has 20 heavy (non-hydrogen) atoms. The summed E-state index contributed by atoms with van der Waals surface area (Å²) in [6.07, 6.45) is 3.05. The Balaban J connectivity index is 2.04. The summed E-state index contributed by atoms with van der Waals surface area (Å²) in [5.41, 5.74) is 0.855. The van der Waals surface area contributed by atoms with Gasteiger partial charge in [-0.2, -0.15) is 0 Å². The van der Waals surface area contributed by atoms with Gasteiger partial charge in [0, 0.05) is 31.0 Å². The van der Waals surface area contributed by atoms with Gasteiger partial charge in [0.15, 0.2) is 5.75 Å². The second kappa shape index (κ2) is 6.56. The predicted molar refractivity (Wildman–Crippen MR) is 76.3 cm³/mol. The Labute approximate surface area is 118 Å². The molecule has 0 aromatic heterocycles. The number of benzene rings is 1. The van der Waals surface area contributed by atoms with Crippen LogP contribution in [-0.4, -0.2) is 30.8 Å². The molecule has 0 bridgehead atoms. The molecule has 0 spiro atoms. The third-order valence-electron chi connectivity index (χ3n) is 3.42. The highest BCUT2D eigenvalue weighted by Crippen LogP contribution is 2.32. The topological polar surface area (TPSA) is 73.6 Å². The third kappa shape index (κ3) is 3.39. The molecule has 0 amide bonds. The number of nitrogens with one attached hydrogen (secondary N) is 1. The third-order valence-corrected chi connectivity index (χ3v) is 3.42. The molecule has 0 atom stereocenters. The van der Waals surface area contributed by atoms with Crippen molar-refractivity contribution in [3.63, 3.8) is 0 Å². The van der Waals surface area contributed by atoms with Crippen LogP contribution in [0.1, 0.15) is 26.2 Å². The van der Waals surface area contributed by atoms with E-state index in [1.165, 1.54) is 6.07 Å². The van der Waals surface area contributed by atoms with E-state index in [1.54, 1.807) is 19.2 Å². The molecule has 110 valence electrons. The summed E-state index contributed by atoms with van der Waals surface area (Å²) in [5, 5.41) is 14.3. The number of hydrogen-bond donors (Lipinski definition) is 1. The summed E-state index contributed by atoms with van der Waals surface area (Å²) >= 11 is 0. The number of rotatable bonds is 7. The summed E-state index contributed by atoms with van der Waals surface area (Å²) in [7, 11) is 1.71. The minimum atomic E-state index is -0.418. The molecule has 6 heteroatoms. The molecule has 1 aromatic carbocycles. The molecule has 0 heterocycles. The summed E-state index contributed by atoms with van der Waals surface area (Å²) in [6.45, 7) is 2.44. The van der Waals surface area contributed by atoms with Crippen molar-refractivity contribution in [3.8, 4) is 5.75 Å². The Morgan fingerprint density at radius 2 is 2.20 bits per heavy atom. The lowest BCUT2D eigenvalue weighted by Gasteiger charge is -2.35. The normalized spacial score (nSPS) is 21.1. The number of nitro benzene ring substituents is 1. The van der Waals surface area contributed by atoms with Gasteiger partial charge < -0.3 is 14.8 Å². The molecular weight excluding hydrogens is 260 g/mol. The van der Waals surface area contributed by atoms with E-state index in [4.69, 9.17) is 9.47 Å². The zero-order chi connectivity index (χ0) is 14.5. The lowest BCUT2D eigenvalue weighted by atomic mass is 9.89. The Morgan fingerprint density at radius 3 is 2.80 bits per heavy atom. The van der Waals surface area contributed by atoms with Crippen molar-refractivity contribution in [1.29, 1.82) is 0 Å². The quantitative estimate of drug-likeness (QED) is 0.614. The molecule has 1 fully saturated rings. The fraction of sp³-hybridized carbons (Fsp3) is 0.571. The van der Waals surface area contributed by atoms with Crippen molar-refractivity contribution in [3.05, 3.63) is 28.3 Å². The second-order valence-electron chi connectivity index (χ2n) is 4.96. The van der Waals surface area contributed by atoms with Crippen molar-refractivity contribution in [2.24, 2.45) is 0 Å². The molecule has 0 saturated heterocycles. The Morgan fingerprint density at radius 1 is 1.45 bits per heavy atom. The fourth-order valence-corrected chi connectivity index (χ4v) is 2.19. The van der Waals surface area contributed by atoms with E-state index in [1.807, 2.05) is 6.92 Å². The van der Waals surface area contributed by atoms with Gasteiger partial charge in [-0.05, 0) is 25.3 Å². The molecule has 2 rings (SSSR count). The van der Waals surface area contributed by atoms with E-state index >= 15 is 0 Å². The number of anilines is 1. The minimum absolute atomic E-state index is 0.00683. The average Bonchev–Trinajstić information content (AvgIpc) is 2.39. The molecule has 1 aromatic rings. The van der Waals surface area contributed by atoms with E-state index < -0.39 is 4.92 Å². The molecule has 0 radical (unpaired) electrons. The van der Waals surface area contributed by atoms with Crippen LogP contribution in [0.15, 0.2) is 18.2 Å². The van der Waals surface area contributed by atoms with Gasteiger partial charge in [-0.15, -0.1) is 0 Å². The van der Waals surface area contributed by atoms with E-state index in [-0.39, 0.29) is 5.69 Å². The van der Waals surface area contributed by atoms with Crippen LogP contribution in [0.25, 0.3) is 0 Å². The number of ether oxygens (including phenoxy) is 2. The fourth-order valence-electron chi connectivity index (χ4n) is 2.19. The second-order valence-corrected chi connectivity index (χ2v) is 4.96. The van der Waals surface area contributed by atoms with Gasteiger partial charge >= 0.3 is 5.69 Å². The number of nitrogens with zero attached hydrogens (tertiary/aromatic N) is 1. The largest absolute Gasteiger partial charge is 0.487 e. The van der Waals surface area contributed by atoms with Crippen LogP contribution in [0.3, 0.4) is 0 Å². The highest BCUT2D eigenvalue weighted by molar-refractivity contribution is 5.58. The number of methoxy groups -OCH3 is 1. The number of nitro groups is 1. The van der Waals surface area contributed by atoms with Crippen molar-refractivity contribution < 1.29 is 14.4 Å². The zero-order valence-corrected chi connectivity index (χ0v) is 11.8. The van der Waals surface area contributed by atoms with E-state index in [9.17, 15) is 10.1 Å². The van der Waals surface area contributed by atoms with Gasteiger partial charge in [-0.1, -0.05) is 6.92 Å². The maximum absolute atomic E-state index is 11.0. The molecular formula is C14H20N2O4. The van der Waals surface area contributed by atoms with Crippen LogP contribution in [0.2, 0.25) is 0 Å². The van der Waals surface area contributed by atoms with Crippen LogP contribution in [0.5, 0.6) is 5.75 Å². The first kappa shape index (κ1) is 14.6. The maximum Gasteiger partial charge on any atom is 0.311 e. The Kier molecular flexibility index (Phi) is 4.79. The smallest absolute Gasteiger partial charge is 0.311 e.